The Morgan fingerprint density at radius 1 is 1.50 bits per heavy atom. The zero-order valence-corrected chi connectivity index (χ0v) is 11.2. The van der Waals surface area contributed by atoms with Crippen LogP contribution >= 0.6 is 11.3 Å². The maximum absolute atomic E-state index is 12.0. The molecule has 20 heavy (non-hydrogen) atoms. The Morgan fingerprint density at radius 2 is 2.35 bits per heavy atom. The van der Waals surface area contributed by atoms with Crippen molar-refractivity contribution in [2.45, 2.75) is 0 Å². The van der Waals surface area contributed by atoms with Crippen LogP contribution in [0.1, 0.15) is 20.8 Å². The third-order valence-electron chi connectivity index (χ3n) is 2.29. The first-order chi connectivity index (χ1) is 9.72. The minimum atomic E-state index is -0.310. The number of benzene rings is 1. The summed E-state index contributed by atoms with van der Waals surface area (Å²) in [5, 5.41) is 11.9. The number of thiazole rings is 1. The van der Waals surface area contributed by atoms with E-state index in [2.05, 4.69) is 22.1 Å². The summed E-state index contributed by atoms with van der Waals surface area (Å²) in [6.07, 6.45) is 1.58. The summed E-state index contributed by atoms with van der Waals surface area (Å²) in [7, 11) is 0. The largest absolute Gasteiger partial charge is 0.320 e. The summed E-state index contributed by atoms with van der Waals surface area (Å²) in [4.78, 5) is 16.8. The molecule has 0 saturated heterocycles. The third-order valence-corrected chi connectivity index (χ3v) is 3.12. The first-order valence-electron chi connectivity index (χ1n) is 5.69. The van der Waals surface area contributed by atoms with E-state index < -0.39 is 0 Å². The Kier molecular flexibility index (Phi) is 4.46. The van der Waals surface area contributed by atoms with Crippen LogP contribution in [0.15, 0.2) is 30.5 Å². The molecule has 0 atom stereocenters. The maximum Gasteiger partial charge on any atom is 0.257 e. The van der Waals surface area contributed by atoms with Gasteiger partial charge in [0, 0.05) is 5.56 Å². The molecule has 5 nitrogen and oxygen atoms in total. The SMILES string of the molecule is N#Cc1cccc(C(=O)Nc2ncc(C#CCN)s2)c1. The molecule has 0 saturated carbocycles. The van der Waals surface area contributed by atoms with Crippen LogP contribution in [0, 0.1) is 23.2 Å². The Morgan fingerprint density at radius 3 is 3.10 bits per heavy atom. The normalized spacial score (nSPS) is 9.20. The van der Waals surface area contributed by atoms with Crippen molar-refractivity contribution in [3.63, 3.8) is 0 Å². The van der Waals surface area contributed by atoms with Crippen LogP contribution in [0.25, 0.3) is 0 Å². The van der Waals surface area contributed by atoms with Gasteiger partial charge in [0.2, 0.25) is 0 Å². The van der Waals surface area contributed by atoms with Crippen molar-refractivity contribution in [2.24, 2.45) is 5.73 Å². The minimum absolute atomic E-state index is 0.278. The molecule has 2 aromatic rings. The highest BCUT2D eigenvalue weighted by molar-refractivity contribution is 7.16. The zero-order chi connectivity index (χ0) is 14.4. The first-order valence-corrected chi connectivity index (χ1v) is 6.51. The third kappa shape index (κ3) is 3.42. The molecule has 0 spiro atoms. The van der Waals surface area contributed by atoms with Crippen LogP contribution in [-0.4, -0.2) is 17.4 Å². The van der Waals surface area contributed by atoms with Gasteiger partial charge in [-0.2, -0.15) is 5.26 Å². The van der Waals surface area contributed by atoms with E-state index in [0.29, 0.717) is 16.3 Å². The summed E-state index contributed by atoms with van der Waals surface area (Å²) >= 11 is 1.27. The lowest BCUT2D eigenvalue weighted by molar-refractivity contribution is 0.102. The van der Waals surface area contributed by atoms with Gasteiger partial charge in [-0.3, -0.25) is 10.1 Å². The summed E-state index contributed by atoms with van der Waals surface area (Å²) < 4.78 is 0. The Hall–Kier alpha value is -2.67. The lowest BCUT2D eigenvalue weighted by Gasteiger charge is -2.01. The van der Waals surface area contributed by atoms with Gasteiger partial charge in [-0.15, -0.1) is 0 Å². The van der Waals surface area contributed by atoms with E-state index in [1.54, 1.807) is 24.4 Å². The second-order valence-corrected chi connectivity index (χ2v) is 4.71. The van der Waals surface area contributed by atoms with Crippen LogP contribution in [0.4, 0.5) is 5.13 Å². The highest BCUT2D eigenvalue weighted by Gasteiger charge is 2.09. The number of hydrogen-bond acceptors (Lipinski definition) is 5. The fraction of sp³-hybridized carbons (Fsp3) is 0.0714. The van der Waals surface area contributed by atoms with Gasteiger partial charge in [-0.05, 0) is 18.2 Å². The topological polar surface area (TPSA) is 91.8 Å². The second kappa shape index (κ2) is 6.48. The van der Waals surface area contributed by atoms with Crippen LogP contribution < -0.4 is 11.1 Å². The van der Waals surface area contributed by atoms with Crippen molar-refractivity contribution in [3.05, 3.63) is 46.5 Å². The minimum Gasteiger partial charge on any atom is -0.320 e. The van der Waals surface area contributed by atoms with Crippen LogP contribution in [0.3, 0.4) is 0 Å². The number of nitriles is 1. The number of amides is 1. The van der Waals surface area contributed by atoms with Gasteiger partial charge >= 0.3 is 0 Å². The van der Waals surface area contributed by atoms with Gasteiger partial charge in [0.05, 0.1) is 29.3 Å². The van der Waals surface area contributed by atoms with Crippen molar-refractivity contribution in [1.82, 2.24) is 4.98 Å². The van der Waals surface area contributed by atoms with Gasteiger partial charge in [-0.1, -0.05) is 29.2 Å². The molecule has 0 unspecified atom stereocenters. The maximum atomic E-state index is 12.0. The average molecular weight is 282 g/mol. The standard InChI is InChI=1S/C14H10N4OS/c15-6-2-5-12-9-17-14(20-12)18-13(19)11-4-1-3-10(7-11)8-16/h1,3-4,7,9H,6,15H2,(H,17,18,19). The molecule has 0 aliphatic heterocycles. The van der Waals surface area contributed by atoms with Gasteiger partial charge in [0.1, 0.15) is 0 Å². The molecule has 0 aliphatic carbocycles. The number of anilines is 1. The molecule has 0 fully saturated rings. The number of aromatic nitrogens is 1. The van der Waals surface area contributed by atoms with Crippen LogP contribution in [0.5, 0.6) is 0 Å². The zero-order valence-electron chi connectivity index (χ0n) is 10.4. The van der Waals surface area contributed by atoms with Gasteiger partial charge in [0.25, 0.3) is 5.91 Å². The van der Waals surface area contributed by atoms with Crippen molar-refractivity contribution in [3.8, 4) is 17.9 Å². The molecule has 1 aromatic heterocycles. The number of carbonyl (C=O) groups excluding carboxylic acids is 1. The van der Waals surface area contributed by atoms with Crippen LogP contribution in [0.2, 0.25) is 0 Å². The van der Waals surface area contributed by atoms with E-state index in [0.717, 1.165) is 4.88 Å². The highest BCUT2D eigenvalue weighted by Crippen LogP contribution is 2.18. The number of nitrogens with two attached hydrogens (primary N) is 1. The van der Waals surface area contributed by atoms with Crippen molar-refractivity contribution in [1.29, 1.82) is 5.26 Å². The number of nitrogens with zero attached hydrogens (tertiary/aromatic N) is 2. The monoisotopic (exact) mass is 282 g/mol. The molecule has 0 radical (unpaired) electrons. The smallest absolute Gasteiger partial charge is 0.257 e. The lowest BCUT2D eigenvalue weighted by atomic mass is 10.1. The molecular formula is C14H10N4OS. The van der Waals surface area contributed by atoms with E-state index in [4.69, 9.17) is 11.0 Å². The quantitative estimate of drug-likeness (QED) is 0.818. The van der Waals surface area contributed by atoms with E-state index in [9.17, 15) is 4.79 Å². The summed E-state index contributed by atoms with van der Waals surface area (Å²) in [6.45, 7) is 0.278. The van der Waals surface area contributed by atoms with Gasteiger partial charge in [-0.25, -0.2) is 4.98 Å². The Bertz CT molecular complexity index is 733. The molecule has 2 rings (SSSR count). The summed E-state index contributed by atoms with van der Waals surface area (Å²) in [5.41, 5.74) is 6.13. The van der Waals surface area contributed by atoms with Crippen LogP contribution in [-0.2, 0) is 0 Å². The van der Waals surface area contributed by atoms with Gasteiger partial charge in [0.15, 0.2) is 5.13 Å². The number of rotatable bonds is 2. The molecule has 98 valence electrons. The van der Waals surface area contributed by atoms with Crippen molar-refractivity contribution in [2.75, 3.05) is 11.9 Å². The van der Waals surface area contributed by atoms with Gasteiger partial charge < -0.3 is 5.73 Å². The number of nitrogens with one attached hydrogen (secondary N) is 1. The van der Waals surface area contributed by atoms with E-state index in [1.807, 2.05) is 6.07 Å². The van der Waals surface area contributed by atoms with E-state index in [1.165, 1.54) is 17.4 Å². The average Bonchev–Trinajstić information content (AvgIpc) is 2.92. The summed E-state index contributed by atoms with van der Waals surface area (Å²) in [6, 6.07) is 8.45. The fourth-order valence-corrected chi connectivity index (χ4v) is 2.11. The van der Waals surface area contributed by atoms with Crippen molar-refractivity contribution >= 4 is 22.4 Å². The predicted molar refractivity (Wildman–Crippen MR) is 77.2 cm³/mol. The van der Waals surface area contributed by atoms with Crippen molar-refractivity contribution < 1.29 is 4.79 Å². The molecule has 0 aliphatic rings. The van der Waals surface area contributed by atoms with E-state index >= 15 is 0 Å². The molecule has 6 heteroatoms. The molecule has 3 N–H and O–H groups in total. The Balaban J connectivity index is 2.11. The molecule has 1 amide bonds. The highest BCUT2D eigenvalue weighted by atomic mass is 32.1. The number of carbonyl (C=O) groups is 1. The molecule has 0 bridgehead atoms. The Labute approximate surface area is 120 Å². The summed E-state index contributed by atoms with van der Waals surface area (Å²) in [5.74, 6) is 5.25. The fourth-order valence-electron chi connectivity index (χ4n) is 1.43. The molecule has 1 heterocycles. The first kappa shape index (κ1) is 13.8. The number of hydrogen-bond donors (Lipinski definition) is 2. The molecular weight excluding hydrogens is 272 g/mol. The molecule has 1 aromatic carbocycles. The van der Waals surface area contributed by atoms with E-state index in [-0.39, 0.29) is 12.5 Å². The predicted octanol–water partition coefficient (Wildman–Crippen LogP) is 1.58. The second-order valence-electron chi connectivity index (χ2n) is 3.68. The lowest BCUT2D eigenvalue weighted by Crippen LogP contribution is -2.11.